The number of nitrogens with one attached hydrogen (secondary N) is 1. The first-order valence-corrected chi connectivity index (χ1v) is 7.14. The number of amides is 1. The second kappa shape index (κ2) is 6.92. The van der Waals surface area contributed by atoms with Gasteiger partial charge in [0.15, 0.2) is 0 Å². The number of halogens is 1. The van der Waals surface area contributed by atoms with Gasteiger partial charge < -0.3 is 16.2 Å². The number of aliphatic hydroxyl groups excluding tert-OH is 1. The van der Waals surface area contributed by atoms with Crippen LogP contribution in [0.4, 0.5) is 11.4 Å². The summed E-state index contributed by atoms with van der Waals surface area (Å²) in [5.41, 5.74) is 6.84. The molecule has 2 rings (SSSR count). The lowest BCUT2D eigenvalue weighted by molar-refractivity contribution is -0.117. The summed E-state index contributed by atoms with van der Waals surface area (Å²) >= 11 is 5.82. The van der Waals surface area contributed by atoms with Crippen molar-refractivity contribution in [1.29, 1.82) is 0 Å². The Morgan fingerprint density at radius 1 is 1.55 bits per heavy atom. The van der Waals surface area contributed by atoms with Crippen LogP contribution in [0.3, 0.4) is 0 Å². The van der Waals surface area contributed by atoms with Crippen LogP contribution >= 0.6 is 11.6 Å². The predicted molar refractivity (Wildman–Crippen MR) is 80.7 cm³/mol. The maximum absolute atomic E-state index is 12.0. The zero-order chi connectivity index (χ0) is 14.5. The molecule has 1 amide bonds. The highest BCUT2D eigenvalue weighted by atomic mass is 35.5. The fourth-order valence-corrected chi connectivity index (χ4v) is 2.66. The van der Waals surface area contributed by atoms with E-state index >= 15 is 0 Å². The molecule has 0 aromatic heterocycles. The average molecular weight is 298 g/mol. The van der Waals surface area contributed by atoms with Crippen LogP contribution in [-0.2, 0) is 4.79 Å². The number of nitrogens with zero attached hydrogens (tertiary/aromatic N) is 1. The number of hydrogen-bond donors (Lipinski definition) is 3. The Bertz CT molecular complexity index is 481. The molecule has 0 aliphatic carbocycles. The van der Waals surface area contributed by atoms with Crippen molar-refractivity contribution >= 4 is 28.9 Å². The summed E-state index contributed by atoms with van der Waals surface area (Å²) < 4.78 is 0. The number of rotatable bonds is 4. The van der Waals surface area contributed by atoms with E-state index in [4.69, 9.17) is 17.3 Å². The highest BCUT2D eigenvalue weighted by Crippen LogP contribution is 2.22. The summed E-state index contributed by atoms with van der Waals surface area (Å²) in [4.78, 5) is 14.1. The molecule has 0 saturated carbocycles. The number of benzene rings is 1. The van der Waals surface area contributed by atoms with Crippen LogP contribution in [-0.4, -0.2) is 42.2 Å². The van der Waals surface area contributed by atoms with Crippen molar-refractivity contribution in [2.24, 2.45) is 5.92 Å². The largest absolute Gasteiger partial charge is 0.397 e. The number of nitrogen functional groups attached to an aromatic ring is 1. The standard InChI is InChI=1S/C14H20ClN3O2/c15-11-3-4-13(12(16)6-11)17-14(20)8-18-5-1-2-10(7-18)9-19/h3-4,6,10,19H,1-2,5,7-9,16H2,(H,17,20). The van der Waals surface area contributed by atoms with Gasteiger partial charge in [0.1, 0.15) is 0 Å². The molecule has 1 fully saturated rings. The maximum atomic E-state index is 12.0. The maximum Gasteiger partial charge on any atom is 0.238 e. The van der Waals surface area contributed by atoms with Crippen LogP contribution in [0.1, 0.15) is 12.8 Å². The third-order valence-electron chi connectivity index (χ3n) is 3.52. The van der Waals surface area contributed by atoms with Crippen molar-refractivity contribution in [1.82, 2.24) is 4.90 Å². The quantitative estimate of drug-likeness (QED) is 0.737. The normalized spacial score (nSPS) is 19.8. The molecule has 0 radical (unpaired) electrons. The van der Waals surface area contributed by atoms with E-state index in [2.05, 4.69) is 10.2 Å². The molecule has 1 aliphatic heterocycles. The minimum absolute atomic E-state index is 0.0994. The molecule has 0 spiro atoms. The Kier molecular flexibility index (Phi) is 5.23. The molecule has 4 N–H and O–H groups in total. The molecular formula is C14H20ClN3O2. The summed E-state index contributed by atoms with van der Waals surface area (Å²) in [5.74, 6) is 0.176. The van der Waals surface area contributed by atoms with E-state index in [0.717, 1.165) is 25.9 Å². The minimum atomic E-state index is -0.0994. The number of aliphatic hydroxyl groups is 1. The second-order valence-electron chi connectivity index (χ2n) is 5.21. The lowest BCUT2D eigenvalue weighted by Gasteiger charge is -2.31. The lowest BCUT2D eigenvalue weighted by Crippen LogP contribution is -2.41. The predicted octanol–water partition coefficient (Wildman–Crippen LogP) is 1.56. The van der Waals surface area contributed by atoms with E-state index in [1.165, 1.54) is 0 Å². The van der Waals surface area contributed by atoms with Gasteiger partial charge in [-0.3, -0.25) is 9.69 Å². The van der Waals surface area contributed by atoms with E-state index in [1.807, 2.05) is 0 Å². The van der Waals surface area contributed by atoms with Crippen molar-refractivity contribution in [3.8, 4) is 0 Å². The van der Waals surface area contributed by atoms with E-state index in [1.54, 1.807) is 18.2 Å². The van der Waals surface area contributed by atoms with Crippen molar-refractivity contribution in [3.05, 3.63) is 23.2 Å². The summed E-state index contributed by atoms with van der Waals surface area (Å²) in [6.07, 6.45) is 2.04. The zero-order valence-corrected chi connectivity index (χ0v) is 12.1. The Balaban J connectivity index is 1.88. The average Bonchev–Trinajstić information content (AvgIpc) is 2.42. The molecule has 1 aromatic carbocycles. The first-order valence-electron chi connectivity index (χ1n) is 6.76. The highest BCUT2D eigenvalue weighted by Gasteiger charge is 2.21. The van der Waals surface area contributed by atoms with Gasteiger partial charge in [-0.1, -0.05) is 11.6 Å². The van der Waals surface area contributed by atoms with Crippen molar-refractivity contribution < 1.29 is 9.90 Å². The Labute approximate surface area is 123 Å². The molecule has 1 aliphatic rings. The molecular weight excluding hydrogens is 278 g/mol. The van der Waals surface area contributed by atoms with Gasteiger partial charge in [0.05, 0.1) is 17.9 Å². The SMILES string of the molecule is Nc1cc(Cl)ccc1NC(=O)CN1CCCC(CO)C1. The number of nitrogens with two attached hydrogens (primary N) is 1. The number of anilines is 2. The molecule has 1 atom stereocenters. The Morgan fingerprint density at radius 2 is 2.35 bits per heavy atom. The van der Waals surface area contributed by atoms with E-state index < -0.39 is 0 Å². The summed E-state index contributed by atoms with van der Waals surface area (Å²) in [6.45, 7) is 2.15. The van der Waals surface area contributed by atoms with E-state index in [9.17, 15) is 9.90 Å². The molecule has 1 heterocycles. The summed E-state index contributed by atoms with van der Waals surface area (Å²) in [7, 11) is 0. The Morgan fingerprint density at radius 3 is 3.05 bits per heavy atom. The first kappa shape index (κ1) is 15.1. The van der Waals surface area contributed by atoms with Gasteiger partial charge in [-0.15, -0.1) is 0 Å². The second-order valence-corrected chi connectivity index (χ2v) is 5.64. The van der Waals surface area contributed by atoms with Gasteiger partial charge in [-0.05, 0) is 43.5 Å². The van der Waals surface area contributed by atoms with Crippen molar-refractivity contribution in [3.63, 3.8) is 0 Å². The molecule has 1 saturated heterocycles. The van der Waals surface area contributed by atoms with Gasteiger partial charge in [0, 0.05) is 18.2 Å². The number of likely N-dealkylation sites (tertiary alicyclic amines) is 1. The molecule has 0 bridgehead atoms. The summed E-state index contributed by atoms with van der Waals surface area (Å²) in [6, 6.07) is 5.00. The first-order chi connectivity index (χ1) is 9.58. The fourth-order valence-electron chi connectivity index (χ4n) is 2.48. The van der Waals surface area contributed by atoms with Gasteiger partial charge in [-0.25, -0.2) is 0 Å². The minimum Gasteiger partial charge on any atom is -0.397 e. The monoisotopic (exact) mass is 297 g/mol. The topological polar surface area (TPSA) is 78.6 Å². The van der Waals surface area contributed by atoms with Crippen LogP contribution in [0, 0.1) is 5.92 Å². The molecule has 1 aromatic rings. The molecule has 5 nitrogen and oxygen atoms in total. The smallest absolute Gasteiger partial charge is 0.238 e. The van der Waals surface area contributed by atoms with Gasteiger partial charge in [-0.2, -0.15) is 0 Å². The van der Waals surface area contributed by atoms with Crippen molar-refractivity contribution in [2.75, 3.05) is 37.3 Å². The third-order valence-corrected chi connectivity index (χ3v) is 3.75. The zero-order valence-electron chi connectivity index (χ0n) is 11.3. The van der Waals surface area contributed by atoms with Gasteiger partial charge >= 0.3 is 0 Å². The third kappa shape index (κ3) is 4.10. The lowest BCUT2D eigenvalue weighted by atomic mass is 9.99. The van der Waals surface area contributed by atoms with E-state index in [-0.39, 0.29) is 18.4 Å². The van der Waals surface area contributed by atoms with Crippen LogP contribution in [0.5, 0.6) is 0 Å². The molecule has 110 valence electrons. The fraction of sp³-hybridized carbons (Fsp3) is 0.500. The highest BCUT2D eigenvalue weighted by molar-refractivity contribution is 6.31. The van der Waals surface area contributed by atoms with Crippen molar-refractivity contribution in [2.45, 2.75) is 12.8 Å². The molecule has 1 unspecified atom stereocenters. The van der Waals surface area contributed by atoms with Crippen LogP contribution in [0.25, 0.3) is 0 Å². The van der Waals surface area contributed by atoms with Crippen LogP contribution in [0.2, 0.25) is 5.02 Å². The van der Waals surface area contributed by atoms with Crippen LogP contribution < -0.4 is 11.1 Å². The van der Waals surface area contributed by atoms with Crippen LogP contribution in [0.15, 0.2) is 18.2 Å². The number of hydrogen-bond acceptors (Lipinski definition) is 4. The Hall–Kier alpha value is -1.30. The van der Waals surface area contributed by atoms with Gasteiger partial charge in [0.25, 0.3) is 0 Å². The molecule has 20 heavy (non-hydrogen) atoms. The number of carbonyl (C=O) groups excluding carboxylic acids is 1. The van der Waals surface area contributed by atoms with Gasteiger partial charge in [0.2, 0.25) is 5.91 Å². The van der Waals surface area contributed by atoms with E-state index in [0.29, 0.717) is 22.9 Å². The number of piperidine rings is 1. The molecule has 6 heteroatoms. The number of carbonyl (C=O) groups is 1. The summed E-state index contributed by atoms with van der Waals surface area (Å²) in [5, 5.41) is 12.5.